The lowest BCUT2D eigenvalue weighted by molar-refractivity contribution is -0.0123. The smallest absolute Gasteiger partial charge is 0.00592 e. The number of allylic oxidation sites excluding steroid dienone is 2. The molecule has 0 N–H and O–H groups in total. The summed E-state index contributed by atoms with van der Waals surface area (Å²) < 4.78 is 0. The summed E-state index contributed by atoms with van der Waals surface area (Å²) in [6, 6.07) is 0.751. The Bertz CT molecular complexity index is 165. The zero-order chi connectivity index (χ0) is 7.90. The first-order chi connectivity index (χ1) is 5.22. The average Bonchev–Trinajstić information content (AvgIpc) is 2.29. The topological polar surface area (TPSA) is 3.24 Å². The predicted molar refractivity (Wildman–Crippen MR) is 47.5 cm³/mol. The molecule has 2 aliphatic rings. The van der Waals surface area contributed by atoms with Gasteiger partial charge in [-0.3, -0.25) is 4.90 Å². The van der Waals surface area contributed by atoms with Gasteiger partial charge in [-0.05, 0) is 26.7 Å². The van der Waals surface area contributed by atoms with E-state index in [0.717, 1.165) is 6.04 Å². The second kappa shape index (κ2) is 2.34. The highest BCUT2D eigenvalue weighted by molar-refractivity contribution is 5.10. The SMILES string of the molecule is CC(C)N1CC2(CC=CC2)C1. The van der Waals surface area contributed by atoms with Gasteiger partial charge in [-0.1, -0.05) is 12.2 Å². The summed E-state index contributed by atoms with van der Waals surface area (Å²) in [6.45, 7) is 7.24. The van der Waals surface area contributed by atoms with Crippen LogP contribution < -0.4 is 0 Å². The van der Waals surface area contributed by atoms with Crippen LogP contribution in [0, 0.1) is 5.41 Å². The van der Waals surface area contributed by atoms with Crippen molar-refractivity contribution in [1.82, 2.24) is 4.90 Å². The van der Waals surface area contributed by atoms with Gasteiger partial charge in [0.25, 0.3) is 0 Å². The molecule has 2 rings (SSSR count). The van der Waals surface area contributed by atoms with Crippen LogP contribution in [0.4, 0.5) is 0 Å². The maximum atomic E-state index is 2.56. The first-order valence-corrected chi connectivity index (χ1v) is 4.61. The lowest BCUT2D eigenvalue weighted by Gasteiger charge is -2.50. The molecule has 0 unspecified atom stereocenters. The van der Waals surface area contributed by atoms with Gasteiger partial charge in [0, 0.05) is 24.5 Å². The van der Waals surface area contributed by atoms with Crippen molar-refractivity contribution in [3.05, 3.63) is 12.2 Å². The molecule has 0 atom stereocenters. The van der Waals surface area contributed by atoms with Gasteiger partial charge in [0.15, 0.2) is 0 Å². The van der Waals surface area contributed by atoms with Gasteiger partial charge in [0.2, 0.25) is 0 Å². The predicted octanol–water partition coefficient (Wildman–Crippen LogP) is 2.05. The van der Waals surface area contributed by atoms with Crippen molar-refractivity contribution in [1.29, 1.82) is 0 Å². The van der Waals surface area contributed by atoms with E-state index in [4.69, 9.17) is 0 Å². The van der Waals surface area contributed by atoms with Crippen LogP contribution in [-0.4, -0.2) is 24.0 Å². The van der Waals surface area contributed by atoms with Crippen LogP contribution >= 0.6 is 0 Å². The number of nitrogens with zero attached hydrogens (tertiary/aromatic N) is 1. The molecule has 62 valence electrons. The van der Waals surface area contributed by atoms with Crippen molar-refractivity contribution in [2.24, 2.45) is 5.41 Å². The molecule has 1 heterocycles. The Morgan fingerprint density at radius 3 is 2.18 bits per heavy atom. The van der Waals surface area contributed by atoms with Crippen molar-refractivity contribution in [2.75, 3.05) is 13.1 Å². The molecule has 0 bridgehead atoms. The van der Waals surface area contributed by atoms with Gasteiger partial charge in [-0.25, -0.2) is 0 Å². The van der Waals surface area contributed by atoms with Crippen LogP contribution in [0.5, 0.6) is 0 Å². The van der Waals surface area contributed by atoms with Crippen LogP contribution in [0.2, 0.25) is 0 Å². The van der Waals surface area contributed by atoms with E-state index in [-0.39, 0.29) is 0 Å². The molecule has 1 heteroatoms. The summed E-state index contributed by atoms with van der Waals surface area (Å²) >= 11 is 0. The fourth-order valence-corrected chi connectivity index (χ4v) is 2.19. The molecule has 0 radical (unpaired) electrons. The molecule has 1 saturated heterocycles. The summed E-state index contributed by atoms with van der Waals surface area (Å²) in [7, 11) is 0. The van der Waals surface area contributed by atoms with Crippen LogP contribution in [0.25, 0.3) is 0 Å². The Morgan fingerprint density at radius 1 is 1.18 bits per heavy atom. The Hall–Kier alpha value is -0.300. The zero-order valence-corrected chi connectivity index (χ0v) is 7.51. The van der Waals surface area contributed by atoms with E-state index >= 15 is 0 Å². The lowest BCUT2D eigenvalue weighted by Crippen LogP contribution is -2.57. The van der Waals surface area contributed by atoms with Crippen molar-refractivity contribution >= 4 is 0 Å². The van der Waals surface area contributed by atoms with Gasteiger partial charge in [-0.15, -0.1) is 0 Å². The van der Waals surface area contributed by atoms with Crippen LogP contribution in [0.3, 0.4) is 0 Å². The van der Waals surface area contributed by atoms with Gasteiger partial charge in [0.1, 0.15) is 0 Å². The Morgan fingerprint density at radius 2 is 1.73 bits per heavy atom. The third kappa shape index (κ3) is 1.12. The fraction of sp³-hybridized carbons (Fsp3) is 0.800. The Kier molecular flexibility index (Phi) is 1.57. The summed E-state index contributed by atoms with van der Waals surface area (Å²) in [6.07, 6.45) is 7.35. The van der Waals surface area contributed by atoms with Crippen molar-refractivity contribution < 1.29 is 0 Å². The lowest BCUT2D eigenvalue weighted by atomic mass is 9.77. The average molecular weight is 151 g/mol. The zero-order valence-electron chi connectivity index (χ0n) is 7.51. The molecule has 0 aromatic carbocycles. The third-order valence-electron chi connectivity index (χ3n) is 3.08. The molecule has 1 fully saturated rings. The van der Waals surface area contributed by atoms with E-state index in [0.29, 0.717) is 5.41 Å². The summed E-state index contributed by atoms with van der Waals surface area (Å²) in [5.74, 6) is 0. The minimum absolute atomic E-state index is 0.685. The molecular weight excluding hydrogens is 134 g/mol. The molecule has 0 aromatic heterocycles. The minimum atomic E-state index is 0.685. The number of hydrogen-bond acceptors (Lipinski definition) is 1. The van der Waals surface area contributed by atoms with Crippen molar-refractivity contribution in [3.63, 3.8) is 0 Å². The molecule has 0 saturated carbocycles. The van der Waals surface area contributed by atoms with Crippen molar-refractivity contribution in [3.8, 4) is 0 Å². The quantitative estimate of drug-likeness (QED) is 0.518. The molecule has 0 aromatic rings. The Balaban J connectivity index is 1.87. The van der Waals surface area contributed by atoms with Gasteiger partial charge >= 0.3 is 0 Å². The molecular formula is C10H17N. The largest absolute Gasteiger partial charge is 0.300 e. The maximum absolute atomic E-state index is 2.56. The summed E-state index contributed by atoms with van der Waals surface area (Å²) in [4.78, 5) is 2.56. The first kappa shape index (κ1) is 7.35. The second-order valence-corrected chi connectivity index (χ2v) is 4.38. The molecule has 0 amide bonds. The van der Waals surface area contributed by atoms with E-state index < -0.39 is 0 Å². The molecule has 1 aliphatic carbocycles. The highest BCUT2D eigenvalue weighted by atomic mass is 15.2. The van der Waals surface area contributed by atoms with Crippen LogP contribution in [0.1, 0.15) is 26.7 Å². The van der Waals surface area contributed by atoms with Gasteiger partial charge < -0.3 is 0 Å². The first-order valence-electron chi connectivity index (χ1n) is 4.61. The fourth-order valence-electron chi connectivity index (χ4n) is 2.19. The standard InChI is InChI=1S/C10H17N/c1-9(2)11-7-10(8-11)5-3-4-6-10/h3-4,9H,5-8H2,1-2H3. The van der Waals surface area contributed by atoms with Gasteiger partial charge in [0.05, 0.1) is 0 Å². The monoisotopic (exact) mass is 151 g/mol. The van der Waals surface area contributed by atoms with Crippen LogP contribution in [-0.2, 0) is 0 Å². The van der Waals surface area contributed by atoms with E-state index in [1.807, 2.05) is 0 Å². The van der Waals surface area contributed by atoms with E-state index in [9.17, 15) is 0 Å². The summed E-state index contributed by atoms with van der Waals surface area (Å²) in [5, 5.41) is 0. The third-order valence-corrected chi connectivity index (χ3v) is 3.08. The minimum Gasteiger partial charge on any atom is -0.300 e. The van der Waals surface area contributed by atoms with E-state index in [1.54, 1.807) is 0 Å². The van der Waals surface area contributed by atoms with E-state index in [1.165, 1.54) is 25.9 Å². The summed E-state index contributed by atoms with van der Waals surface area (Å²) in [5.41, 5.74) is 0.685. The normalized spacial score (nSPS) is 28.3. The number of likely N-dealkylation sites (tertiary alicyclic amines) is 1. The molecule has 1 nitrogen and oxygen atoms in total. The highest BCUT2D eigenvalue weighted by Gasteiger charge is 2.43. The molecule has 1 spiro atoms. The number of rotatable bonds is 1. The highest BCUT2D eigenvalue weighted by Crippen LogP contribution is 2.42. The van der Waals surface area contributed by atoms with Crippen LogP contribution in [0.15, 0.2) is 12.2 Å². The molecule has 11 heavy (non-hydrogen) atoms. The van der Waals surface area contributed by atoms with Crippen molar-refractivity contribution in [2.45, 2.75) is 32.7 Å². The maximum Gasteiger partial charge on any atom is 0.00592 e. The Labute approximate surface area is 69.1 Å². The number of hydrogen-bond donors (Lipinski definition) is 0. The van der Waals surface area contributed by atoms with E-state index in [2.05, 4.69) is 30.9 Å². The second-order valence-electron chi connectivity index (χ2n) is 4.38. The van der Waals surface area contributed by atoms with Gasteiger partial charge in [-0.2, -0.15) is 0 Å². The molecule has 1 aliphatic heterocycles.